The molecule has 33 heavy (non-hydrogen) atoms. The number of halogens is 1. The van der Waals surface area contributed by atoms with Crippen molar-refractivity contribution < 1.29 is 29.3 Å². The number of aromatic hydroxyl groups is 1. The summed E-state index contributed by atoms with van der Waals surface area (Å²) in [7, 11) is 0. The van der Waals surface area contributed by atoms with Crippen molar-refractivity contribution in [3.8, 4) is 16.9 Å². The lowest BCUT2D eigenvalue weighted by Crippen LogP contribution is -2.04. The number of benzene rings is 4. The first kappa shape index (κ1) is 20.5. The fourth-order valence-electron chi connectivity index (χ4n) is 4.02. The Hall–Kier alpha value is -4.36. The van der Waals surface area contributed by atoms with Crippen molar-refractivity contribution in [1.82, 2.24) is 0 Å². The van der Waals surface area contributed by atoms with Gasteiger partial charge in [-0.1, -0.05) is 17.7 Å². The Labute approximate surface area is 189 Å². The van der Waals surface area contributed by atoms with Crippen LogP contribution in [0.25, 0.3) is 43.8 Å². The van der Waals surface area contributed by atoms with E-state index in [-0.39, 0.29) is 38.5 Å². The van der Waals surface area contributed by atoms with Crippen LogP contribution in [-0.4, -0.2) is 27.3 Å². The molecule has 0 bridgehead atoms. The predicted molar refractivity (Wildman–Crippen MR) is 124 cm³/mol. The second-order valence-corrected chi connectivity index (χ2v) is 7.88. The summed E-state index contributed by atoms with van der Waals surface area (Å²) in [6, 6.07) is 14.3. The van der Waals surface area contributed by atoms with Gasteiger partial charge in [0.05, 0.1) is 16.1 Å². The highest BCUT2D eigenvalue weighted by Gasteiger charge is 2.22. The first-order valence-electron chi connectivity index (χ1n) is 9.67. The number of carboxylic acid groups (broad SMARTS) is 2. The fourth-order valence-corrected chi connectivity index (χ4v) is 4.19. The summed E-state index contributed by atoms with van der Waals surface area (Å²) in [6.45, 7) is 0. The number of hydrogen-bond acceptors (Lipinski definition) is 5. The quantitative estimate of drug-likeness (QED) is 0.239. The van der Waals surface area contributed by atoms with Crippen molar-refractivity contribution in [1.29, 1.82) is 0 Å². The van der Waals surface area contributed by atoms with Crippen LogP contribution in [0.15, 0.2) is 69.9 Å². The van der Waals surface area contributed by atoms with Crippen molar-refractivity contribution in [3.05, 3.63) is 87.0 Å². The summed E-state index contributed by atoms with van der Waals surface area (Å²) in [5.74, 6) is -2.70. The molecular formula is C25H13ClO7. The van der Waals surface area contributed by atoms with Crippen LogP contribution < -0.4 is 5.43 Å². The zero-order chi connectivity index (χ0) is 23.4. The monoisotopic (exact) mass is 460 g/mol. The number of carbonyl (C=O) groups is 2. The molecule has 3 N–H and O–H groups in total. The third kappa shape index (κ3) is 3.26. The van der Waals surface area contributed by atoms with Crippen LogP contribution in [0, 0.1) is 0 Å². The molecule has 0 aliphatic rings. The smallest absolute Gasteiger partial charge is 0.336 e. The van der Waals surface area contributed by atoms with Crippen molar-refractivity contribution in [2.75, 3.05) is 0 Å². The molecule has 0 unspecified atom stereocenters. The Morgan fingerprint density at radius 2 is 1.58 bits per heavy atom. The standard InChI is InChI=1S/C25H13ClO7/c26-19-9-18-21(10-20(19)28)33-23-14-6-3-13(27)7-11(14)1-5-16(23)22(18)17-8-12(24(29)30)2-4-15(17)25(31)32/h1-10,28H,(H,29,30)(H,31,32). The molecular weight excluding hydrogens is 448 g/mol. The summed E-state index contributed by atoms with van der Waals surface area (Å²) in [5, 5.41) is 31.6. The molecule has 0 saturated heterocycles. The van der Waals surface area contributed by atoms with E-state index < -0.39 is 11.9 Å². The van der Waals surface area contributed by atoms with E-state index in [2.05, 4.69) is 0 Å². The molecule has 5 aromatic rings. The first-order chi connectivity index (χ1) is 15.7. The molecule has 0 aliphatic heterocycles. The molecule has 0 amide bonds. The van der Waals surface area contributed by atoms with Crippen LogP contribution in [0.1, 0.15) is 20.7 Å². The third-order valence-corrected chi connectivity index (χ3v) is 5.81. The number of aromatic carboxylic acids is 2. The van der Waals surface area contributed by atoms with E-state index in [1.807, 2.05) is 0 Å². The maximum Gasteiger partial charge on any atom is 0.336 e. The van der Waals surface area contributed by atoms with Crippen LogP contribution in [0.5, 0.6) is 5.75 Å². The molecule has 162 valence electrons. The van der Waals surface area contributed by atoms with Crippen LogP contribution in [-0.2, 0) is 0 Å². The molecule has 0 fully saturated rings. The Balaban J connectivity index is 2.05. The highest BCUT2D eigenvalue weighted by Crippen LogP contribution is 2.43. The van der Waals surface area contributed by atoms with E-state index in [0.29, 0.717) is 32.7 Å². The van der Waals surface area contributed by atoms with Gasteiger partial charge in [0, 0.05) is 27.8 Å². The summed E-state index contributed by atoms with van der Waals surface area (Å²) >= 11 is 6.16. The highest BCUT2D eigenvalue weighted by atomic mass is 35.5. The van der Waals surface area contributed by atoms with E-state index >= 15 is 0 Å². The van der Waals surface area contributed by atoms with Gasteiger partial charge in [-0.3, -0.25) is 4.79 Å². The lowest BCUT2D eigenvalue weighted by molar-refractivity contribution is 0.0682. The van der Waals surface area contributed by atoms with Crippen LogP contribution in [0.3, 0.4) is 0 Å². The third-order valence-electron chi connectivity index (χ3n) is 5.51. The van der Waals surface area contributed by atoms with Crippen LogP contribution >= 0.6 is 11.6 Å². The van der Waals surface area contributed by atoms with E-state index in [9.17, 15) is 29.7 Å². The molecule has 5 rings (SSSR count). The zero-order valence-corrected chi connectivity index (χ0v) is 17.4. The van der Waals surface area contributed by atoms with Crippen molar-refractivity contribution in [3.63, 3.8) is 0 Å². The topological polar surface area (TPSA) is 125 Å². The van der Waals surface area contributed by atoms with E-state index in [0.717, 1.165) is 0 Å². The SMILES string of the molecule is O=C(O)c1ccc(C(=O)O)c(-c2c3cc(Cl)c(O)cc3oc3c2ccc2cc(=O)ccc23)c1. The molecule has 4 aromatic carbocycles. The Kier molecular flexibility index (Phi) is 4.58. The molecule has 0 saturated carbocycles. The van der Waals surface area contributed by atoms with E-state index in [4.69, 9.17) is 16.0 Å². The average molecular weight is 461 g/mol. The lowest BCUT2D eigenvalue weighted by atomic mass is 9.91. The number of carboxylic acids is 2. The van der Waals surface area contributed by atoms with Gasteiger partial charge in [0.15, 0.2) is 5.43 Å². The molecule has 1 aromatic heterocycles. The minimum Gasteiger partial charge on any atom is -0.506 e. The second-order valence-electron chi connectivity index (χ2n) is 7.47. The van der Waals surface area contributed by atoms with Gasteiger partial charge in [0.2, 0.25) is 0 Å². The van der Waals surface area contributed by atoms with Crippen molar-refractivity contribution in [2.24, 2.45) is 0 Å². The van der Waals surface area contributed by atoms with Gasteiger partial charge in [0.25, 0.3) is 0 Å². The van der Waals surface area contributed by atoms with Gasteiger partial charge in [-0.2, -0.15) is 0 Å². The number of rotatable bonds is 3. The van der Waals surface area contributed by atoms with Gasteiger partial charge in [-0.15, -0.1) is 0 Å². The molecule has 8 heteroatoms. The molecule has 1 heterocycles. The number of fused-ring (bicyclic) bond motifs is 4. The highest BCUT2D eigenvalue weighted by molar-refractivity contribution is 6.33. The molecule has 0 radical (unpaired) electrons. The van der Waals surface area contributed by atoms with Gasteiger partial charge in [-0.05, 0) is 59.5 Å². The maximum atomic E-state index is 12.0. The largest absolute Gasteiger partial charge is 0.506 e. The van der Waals surface area contributed by atoms with Crippen molar-refractivity contribution in [2.45, 2.75) is 0 Å². The Morgan fingerprint density at radius 1 is 0.818 bits per heavy atom. The second kappa shape index (κ2) is 7.36. The van der Waals surface area contributed by atoms with E-state index in [1.165, 1.54) is 42.5 Å². The minimum atomic E-state index is -1.24. The van der Waals surface area contributed by atoms with Crippen LogP contribution in [0.2, 0.25) is 5.02 Å². The summed E-state index contributed by atoms with van der Waals surface area (Å²) in [4.78, 5) is 35.5. The Morgan fingerprint density at radius 3 is 2.30 bits per heavy atom. The molecule has 0 atom stereocenters. The number of phenols is 1. The zero-order valence-electron chi connectivity index (χ0n) is 16.6. The lowest BCUT2D eigenvalue weighted by Gasteiger charge is -2.16. The van der Waals surface area contributed by atoms with Gasteiger partial charge in [-0.25, -0.2) is 9.59 Å². The normalized spacial score (nSPS) is 11.3. The molecule has 7 nitrogen and oxygen atoms in total. The summed E-state index contributed by atoms with van der Waals surface area (Å²) < 4.78 is 6.09. The van der Waals surface area contributed by atoms with E-state index in [1.54, 1.807) is 18.2 Å². The van der Waals surface area contributed by atoms with Crippen molar-refractivity contribution >= 4 is 56.3 Å². The minimum absolute atomic E-state index is 0.0151. The maximum absolute atomic E-state index is 12.0. The number of hydrogen-bond donors (Lipinski definition) is 3. The predicted octanol–water partition coefficient (Wildman–Crippen LogP) is 5.52. The summed E-state index contributed by atoms with van der Waals surface area (Å²) in [6.07, 6.45) is 0. The van der Waals surface area contributed by atoms with Gasteiger partial charge in [0.1, 0.15) is 16.9 Å². The molecule has 0 aliphatic carbocycles. The van der Waals surface area contributed by atoms with Gasteiger partial charge >= 0.3 is 11.9 Å². The number of phenolic OH excluding ortho intramolecular Hbond substituents is 1. The van der Waals surface area contributed by atoms with Gasteiger partial charge < -0.3 is 19.7 Å². The molecule has 0 spiro atoms. The van der Waals surface area contributed by atoms with Crippen LogP contribution in [0.4, 0.5) is 0 Å². The average Bonchev–Trinajstić information content (AvgIpc) is 2.77. The first-order valence-corrected chi connectivity index (χ1v) is 10.0. The Bertz CT molecular complexity index is 1720. The fraction of sp³-hybridized carbons (Fsp3) is 0. The summed E-state index contributed by atoms with van der Waals surface area (Å²) in [5.41, 5.74) is 0.668.